The predicted octanol–water partition coefficient (Wildman–Crippen LogP) is 5.43. The van der Waals surface area contributed by atoms with Gasteiger partial charge in [0.05, 0.1) is 21.8 Å². The molecule has 228 valence electrons. The molecule has 0 radical (unpaired) electrons. The van der Waals surface area contributed by atoms with Crippen molar-refractivity contribution in [2.45, 2.75) is 71.9 Å². The number of anilines is 2. The molecule has 8 nitrogen and oxygen atoms in total. The quantitative estimate of drug-likeness (QED) is 0.301. The van der Waals surface area contributed by atoms with E-state index < -0.39 is 0 Å². The predicted molar refractivity (Wildman–Crippen MR) is 177 cm³/mol. The van der Waals surface area contributed by atoms with Crippen LogP contribution < -0.4 is 20.1 Å². The Morgan fingerprint density at radius 3 is 2.75 bits per heavy atom. The summed E-state index contributed by atoms with van der Waals surface area (Å²) in [7, 11) is 0. The molecule has 0 bridgehead atoms. The fourth-order valence-electron chi connectivity index (χ4n) is 6.65. The van der Waals surface area contributed by atoms with Crippen molar-refractivity contribution in [3.05, 3.63) is 74.5 Å². The molecular weight excluding hydrogens is 568 g/mol. The Bertz CT molecular complexity index is 1780. The molecule has 1 N–H and O–H groups in total. The summed E-state index contributed by atoms with van der Waals surface area (Å²) in [6.45, 7) is 10.7. The number of pyridine rings is 1. The Labute approximate surface area is 262 Å². The van der Waals surface area contributed by atoms with Gasteiger partial charge in [-0.3, -0.25) is 14.8 Å². The molecule has 7 rings (SSSR count). The van der Waals surface area contributed by atoms with Gasteiger partial charge in [-0.25, -0.2) is 9.97 Å². The molecule has 5 heterocycles. The molecule has 0 atom stereocenters. The number of aromatic nitrogens is 4. The zero-order valence-electron chi connectivity index (χ0n) is 25.8. The second-order valence-electron chi connectivity index (χ2n) is 12.5. The van der Waals surface area contributed by atoms with E-state index in [1.807, 2.05) is 18.3 Å². The van der Waals surface area contributed by atoms with Crippen LogP contribution in [0.5, 0.6) is 0 Å². The highest BCUT2D eigenvalue weighted by Gasteiger charge is 2.25. The number of hydrogen-bond donors (Lipinski definition) is 1. The Morgan fingerprint density at radius 1 is 1.09 bits per heavy atom. The third-order valence-corrected chi connectivity index (χ3v) is 10.2. The monoisotopic (exact) mass is 608 g/mol. The number of nitrogens with one attached hydrogen (secondary N) is 1. The fourth-order valence-corrected chi connectivity index (χ4v) is 7.59. The maximum atomic E-state index is 13.5. The molecule has 1 fully saturated rings. The number of carbonyl (C=O) groups excluding carboxylic acids is 1. The van der Waals surface area contributed by atoms with Gasteiger partial charge in [0.1, 0.15) is 5.82 Å². The van der Waals surface area contributed by atoms with Crippen LogP contribution in [-0.4, -0.2) is 45.4 Å². The molecule has 1 aliphatic carbocycles. The Kier molecular flexibility index (Phi) is 8.08. The number of amides is 1. The summed E-state index contributed by atoms with van der Waals surface area (Å²) in [5.41, 5.74) is 7.57. The topological polar surface area (TPSA) is 85.2 Å². The van der Waals surface area contributed by atoms with Gasteiger partial charge in [0.15, 0.2) is 5.13 Å². The van der Waals surface area contributed by atoms with E-state index in [1.54, 1.807) is 11.3 Å². The average Bonchev–Trinajstić information content (AvgIpc) is 3.62. The normalized spacial score (nSPS) is 16.7. The molecule has 9 heteroatoms. The van der Waals surface area contributed by atoms with Crippen LogP contribution in [0.2, 0.25) is 0 Å². The number of benzene rings is 1. The summed E-state index contributed by atoms with van der Waals surface area (Å²) in [6, 6.07) is 10.4. The van der Waals surface area contributed by atoms with Gasteiger partial charge in [0.25, 0.3) is 5.91 Å². The standard InChI is InChI=1S/C35H40N6O2S/c1-22(2)33-26(28-19-36-41(23(28)3)20-24-14-17-43-18-15-24)11-12-32(38-33)40-16-13-25-7-6-8-27(29(25)21-40)34(42)39-35-37-30-9-4-5-10-31(30)44-35/h6-12,19,22,24H,4-5,13-18,20-21H2,1-3H3,(H,37,39,42). The molecule has 0 saturated carbocycles. The van der Waals surface area contributed by atoms with Crippen LogP contribution in [0, 0.1) is 12.8 Å². The summed E-state index contributed by atoms with van der Waals surface area (Å²) >= 11 is 1.55. The summed E-state index contributed by atoms with van der Waals surface area (Å²) in [4.78, 5) is 25.7. The highest BCUT2D eigenvalue weighted by molar-refractivity contribution is 7.13. The van der Waals surface area contributed by atoms with E-state index in [1.165, 1.54) is 11.3 Å². The maximum absolute atomic E-state index is 13.5. The molecule has 4 aromatic rings. The number of hydrogen-bond acceptors (Lipinski definition) is 7. The molecule has 1 amide bonds. The lowest BCUT2D eigenvalue weighted by molar-refractivity contribution is 0.0599. The first kappa shape index (κ1) is 28.9. The number of rotatable bonds is 7. The van der Waals surface area contributed by atoms with Crippen LogP contribution in [0.25, 0.3) is 23.3 Å². The van der Waals surface area contributed by atoms with Gasteiger partial charge in [0, 0.05) is 55.2 Å². The molecule has 0 spiro atoms. The van der Waals surface area contributed by atoms with E-state index in [0.717, 1.165) is 96.5 Å². The lowest BCUT2D eigenvalue weighted by Gasteiger charge is -2.31. The van der Waals surface area contributed by atoms with Crippen LogP contribution >= 0.6 is 11.3 Å². The molecule has 0 unspecified atom stereocenters. The molecule has 1 aromatic carbocycles. The van der Waals surface area contributed by atoms with Gasteiger partial charge >= 0.3 is 0 Å². The van der Waals surface area contributed by atoms with Crippen molar-refractivity contribution in [3.8, 4) is 11.1 Å². The lowest BCUT2D eigenvalue weighted by atomic mass is 9.94. The molecule has 3 aromatic heterocycles. The van der Waals surface area contributed by atoms with Crippen LogP contribution in [-0.2, 0) is 24.2 Å². The van der Waals surface area contributed by atoms with Crippen molar-refractivity contribution in [3.63, 3.8) is 0 Å². The van der Waals surface area contributed by atoms with Crippen LogP contribution in [0.1, 0.15) is 78.3 Å². The Morgan fingerprint density at radius 2 is 1.93 bits per heavy atom. The third-order valence-electron chi connectivity index (χ3n) is 9.20. The molecular formula is C35H40N6O2S. The highest BCUT2D eigenvalue weighted by Crippen LogP contribution is 2.34. The summed E-state index contributed by atoms with van der Waals surface area (Å²) in [5, 5.41) is 9.51. The van der Waals surface area contributed by atoms with E-state index in [4.69, 9.17) is 14.8 Å². The van der Waals surface area contributed by atoms with E-state index in [2.05, 4.69) is 71.0 Å². The number of fused-ring (bicyclic) bond motifs is 2. The van der Waals surface area contributed by atoms with E-state index >= 15 is 0 Å². The zero-order valence-corrected chi connectivity index (χ0v) is 26.6. The van der Waals surface area contributed by atoms with E-state index in [9.17, 15) is 4.79 Å². The SMILES string of the molecule is Cc1c(-c2ccc(N3CCc4cccc(C(=O)Nc5nc6c(s5)=CCCC=6)c4C3)nc2C(C)C)cnn1CC1CCOCC1. The van der Waals surface area contributed by atoms with Gasteiger partial charge in [-0.1, -0.05) is 49.5 Å². The second kappa shape index (κ2) is 12.3. The second-order valence-corrected chi connectivity index (χ2v) is 13.5. The molecule has 1 saturated heterocycles. The van der Waals surface area contributed by atoms with Crippen molar-refractivity contribution in [2.24, 2.45) is 5.92 Å². The number of thiazole rings is 1. The van der Waals surface area contributed by atoms with Gasteiger partial charge in [0.2, 0.25) is 0 Å². The van der Waals surface area contributed by atoms with Crippen LogP contribution in [0.3, 0.4) is 0 Å². The maximum Gasteiger partial charge on any atom is 0.257 e. The van der Waals surface area contributed by atoms with Gasteiger partial charge in [-0.2, -0.15) is 5.10 Å². The minimum atomic E-state index is -0.103. The third kappa shape index (κ3) is 5.71. The van der Waals surface area contributed by atoms with Gasteiger partial charge < -0.3 is 9.64 Å². The van der Waals surface area contributed by atoms with Gasteiger partial charge in [-0.15, -0.1) is 0 Å². The van der Waals surface area contributed by atoms with Crippen LogP contribution in [0.15, 0.2) is 36.5 Å². The largest absolute Gasteiger partial charge is 0.381 e. The fraction of sp³-hybridized carbons (Fsp3) is 0.429. The minimum absolute atomic E-state index is 0.103. The van der Waals surface area contributed by atoms with Crippen molar-refractivity contribution >= 4 is 40.3 Å². The number of carbonyl (C=O) groups is 1. The molecule has 44 heavy (non-hydrogen) atoms. The van der Waals surface area contributed by atoms with E-state index in [-0.39, 0.29) is 11.8 Å². The van der Waals surface area contributed by atoms with Crippen molar-refractivity contribution in [1.82, 2.24) is 19.7 Å². The summed E-state index contributed by atoms with van der Waals surface area (Å²) in [6.07, 6.45) is 11.4. The number of nitrogens with zero attached hydrogens (tertiary/aromatic N) is 5. The molecule has 3 aliphatic rings. The smallest absolute Gasteiger partial charge is 0.257 e. The highest BCUT2D eigenvalue weighted by atomic mass is 32.1. The van der Waals surface area contributed by atoms with Gasteiger partial charge in [-0.05, 0) is 80.2 Å². The Balaban J connectivity index is 1.13. The summed E-state index contributed by atoms with van der Waals surface area (Å²) in [5.74, 6) is 1.71. The number of ether oxygens (including phenoxy) is 1. The zero-order chi connectivity index (χ0) is 30.2. The van der Waals surface area contributed by atoms with Crippen molar-refractivity contribution < 1.29 is 9.53 Å². The van der Waals surface area contributed by atoms with Crippen LogP contribution in [0.4, 0.5) is 10.9 Å². The summed E-state index contributed by atoms with van der Waals surface area (Å²) < 4.78 is 8.86. The average molecular weight is 609 g/mol. The lowest BCUT2D eigenvalue weighted by Crippen LogP contribution is -2.33. The van der Waals surface area contributed by atoms with Crippen molar-refractivity contribution in [1.29, 1.82) is 0 Å². The van der Waals surface area contributed by atoms with E-state index in [0.29, 0.717) is 23.2 Å². The first-order chi connectivity index (χ1) is 21.4. The first-order valence-corrected chi connectivity index (χ1v) is 16.7. The minimum Gasteiger partial charge on any atom is -0.381 e. The Hall–Kier alpha value is -3.82. The first-order valence-electron chi connectivity index (χ1n) is 15.9. The molecule has 2 aliphatic heterocycles. The van der Waals surface area contributed by atoms with Crippen molar-refractivity contribution in [2.75, 3.05) is 30.0 Å².